The topological polar surface area (TPSA) is 25.8 Å². The number of hydrogen-bond donors (Lipinski definition) is 0. The fourth-order valence-electron chi connectivity index (χ4n) is 9.64. The highest BCUT2D eigenvalue weighted by Gasteiger charge is 2.40. The van der Waals surface area contributed by atoms with Crippen LogP contribution in [-0.2, 0) is 5.41 Å². The molecule has 0 aliphatic heterocycles. The predicted octanol–water partition coefficient (Wildman–Crippen LogP) is 15.7. The molecule has 9 aromatic carbocycles. The Hall–Kier alpha value is -7.46. The van der Waals surface area contributed by atoms with Crippen molar-refractivity contribution >= 4 is 42.3 Å². The average molecular weight is 795 g/mol. The van der Waals surface area contributed by atoms with Crippen molar-refractivity contribution in [2.75, 3.05) is 0 Å². The first-order valence-corrected chi connectivity index (χ1v) is 21.7. The van der Waals surface area contributed by atoms with E-state index in [9.17, 15) is 0 Å². The molecule has 286 valence electrons. The molecule has 0 amide bonds. The number of fused-ring (bicyclic) bond motifs is 7. The Morgan fingerprint density at radius 2 is 1.02 bits per heavy atom. The average Bonchev–Trinajstić information content (AvgIpc) is 3.84. The number of rotatable bonds is 6. The second kappa shape index (κ2) is 14.1. The van der Waals surface area contributed by atoms with Crippen LogP contribution >= 0.6 is 11.3 Å². The van der Waals surface area contributed by atoms with Crippen LogP contribution in [0.2, 0.25) is 0 Å². The molecule has 0 saturated heterocycles. The monoisotopic (exact) mass is 794 g/mol. The molecule has 2 aromatic heterocycles. The molecule has 61 heavy (non-hydrogen) atoms. The van der Waals surface area contributed by atoms with Gasteiger partial charge in [0.15, 0.2) is 5.82 Å². The van der Waals surface area contributed by atoms with Crippen LogP contribution in [0.3, 0.4) is 0 Å². The summed E-state index contributed by atoms with van der Waals surface area (Å²) in [6.45, 7) is 2.37. The minimum absolute atomic E-state index is 0.327. The van der Waals surface area contributed by atoms with E-state index in [1.807, 2.05) is 11.3 Å². The molecule has 1 aliphatic rings. The fraction of sp³-hybridized carbons (Fsp3) is 0.0345. The van der Waals surface area contributed by atoms with Crippen LogP contribution in [0.25, 0.3) is 98.2 Å². The number of hydrogen-bond acceptors (Lipinski definition) is 3. The van der Waals surface area contributed by atoms with E-state index in [4.69, 9.17) is 9.97 Å². The molecule has 11 aromatic rings. The Kier molecular flexibility index (Phi) is 8.19. The highest BCUT2D eigenvalue weighted by atomic mass is 32.1. The Morgan fingerprint density at radius 1 is 0.377 bits per heavy atom. The van der Waals surface area contributed by atoms with Crippen molar-refractivity contribution in [1.82, 2.24) is 9.97 Å². The maximum atomic E-state index is 5.45. The molecule has 1 aliphatic carbocycles. The molecule has 0 spiro atoms. The summed E-state index contributed by atoms with van der Waals surface area (Å²) in [6.07, 6.45) is 0. The molecule has 1 atom stereocenters. The molecule has 0 bridgehead atoms. The molecule has 3 heteroatoms. The third-order valence-electron chi connectivity index (χ3n) is 12.7. The van der Waals surface area contributed by atoms with Gasteiger partial charge in [-0.1, -0.05) is 170 Å². The number of thiophene rings is 1. The van der Waals surface area contributed by atoms with Gasteiger partial charge >= 0.3 is 0 Å². The van der Waals surface area contributed by atoms with Crippen molar-refractivity contribution in [3.63, 3.8) is 0 Å². The van der Waals surface area contributed by atoms with Crippen molar-refractivity contribution in [2.24, 2.45) is 0 Å². The van der Waals surface area contributed by atoms with Crippen LogP contribution in [0.15, 0.2) is 212 Å². The normalized spacial score (nSPS) is 14.4. The van der Waals surface area contributed by atoms with E-state index in [0.717, 1.165) is 50.2 Å². The minimum Gasteiger partial charge on any atom is -0.228 e. The number of aromatic nitrogens is 2. The highest BCUT2D eigenvalue weighted by molar-refractivity contribution is 7.26. The quantitative estimate of drug-likeness (QED) is 0.168. The lowest BCUT2D eigenvalue weighted by molar-refractivity contribution is 0.714. The summed E-state index contributed by atoms with van der Waals surface area (Å²) in [7, 11) is 0. The van der Waals surface area contributed by atoms with E-state index in [1.165, 1.54) is 58.9 Å². The number of benzene rings is 9. The van der Waals surface area contributed by atoms with Gasteiger partial charge in [0.25, 0.3) is 0 Å². The molecule has 2 nitrogen and oxygen atoms in total. The van der Waals surface area contributed by atoms with E-state index >= 15 is 0 Å². The first kappa shape index (κ1) is 35.5. The van der Waals surface area contributed by atoms with Crippen LogP contribution in [0.1, 0.15) is 23.6 Å². The van der Waals surface area contributed by atoms with E-state index in [0.29, 0.717) is 5.82 Å². The first-order chi connectivity index (χ1) is 30.1. The maximum absolute atomic E-state index is 5.45. The zero-order valence-electron chi connectivity index (χ0n) is 33.5. The van der Waals surface area contributed by atoms with Crippen LogP contribution < -0.4 is 0 Å². The van der Waals surface area contributed by atoms with Gasteiger partial charge in [0, 0.05) is 42.3 Å². The molecule has 0 N–H and O–H groups in total. The maximum Gasteiger partial charge on any atom is 0.160 e. The Labute approximate surface area is 359 Å². The fourth-order valence-corrected chi connectivity index (χ4v) is 10.9. The third-order valence-corrected chi connectivity index (χ3v) is 14.0. The summed E-state index contributed by atoms with van der Waals surface area (Å²) < 4.78 is 2.59. The zero-order chi connectivity index (χ0) is 40.5. The predicted molar refractivity (Wildman–Crippen MR) is 257 cm³/mol. The van der Waals surface area contributed by atoms with Crippen molar-refractivity contribution in [2.45, 2.75) is 12.3 Å². The minimum atomic E-state index is -0.327. The Bertz CT molecular complexity index is 3490. The van der Waals surface area contributed by atoms with Gasteiger partial charge < -0.3 is 0 Å². The third kappa shape index (κ3) is 5.84. The molecule has 2 heterocycles. The molecule has 0 fully saturated rings. The van der Waals surface area contributed by atoms with E-state index < -0.39 is 0 Å². The summed E-state index contributed by atoms with van der Waals surface area (Å²) in [6, 6.07) is 77.1. The second-order valence-electron chi connectivity index (χ2n) is 16.3. The molecular formula is C58H38N2S. The lowest BCUT2D eigenvalue weighted by Crippen LogP contribution is -2.22. The standard InChI is InChI=1S/C58H38N2S/c1-58(45-19-6-3-7-20-45)51-25-12-10-21-47(51)48-30-29-40(35-52(48)58)53-36-54(60-57(59-53)41-28-27-38-17-8-9-18-39(38)31-41)44-33-42(37-15-4-2-5-16-37)32-43(34-44)46-23-14-24-50-49-22-11-13-26-55(49)61-56(46)50/h2-36H,1H3. The van der Waals surface area contributed by atoms with Gasteiger partial charge in [-0.15, -0.1) is 11.3 Å². The molecule has 0 radical (unpaired) electrons. The van der Waals surface area contributed by atoms with Gasteiger partial charge in [-0.05, 0) is 110 Å². The molecule has 12 rings (SSSR count). The van der Waals surface area contributed by atoms with E-state index in [1.54, 1.807) is 0 Å². The van der Waals surface area contributed by atoms with Crippen LogP contribution in [0.4, 0.5) is 0 Å². The molecular weight excluding hydrogens is 757 g/mol. The molecule has 1 unspecified atom stereocenters. The lowest BCUT2D eigenvalue weighted by Gasteiger charge is -2.28. The van der Waals surface area contributed by atoms with E-state index in [2.05, 4.69) is 219 Å². The summed E-state index contributed by atoms with van der Waals surface area (Å²) in [4.78, 5) is 10.9. The van der Waals surface area contributed by atoms with Crippen molar-refractivity contribution in [3.05, 3.63) is 229 Å². The van der Waals surface area contributed by atoms with Gasteiger partial charge in [0.2, 0.25) is 0 Å². The van der Waals surface area contributed by atoms with Crippen molar-refractivity contribution in [3.8, 4) is 67.3 Å². The van der Waals surface area contributed by atoms with E-state index in [-0.39, 0.29) is 5.41 Å². The first-order valence-electron chi connectivity index (χ1n) is 20.9. The Morgan fingerprint density at radius 3 is 1.89 bits per heavy atom. The van der Waals surface area contributed by atoms with Crippen LogP contribution in [-0.4, -0.2) is 9.97 Å². The Balaban J connectivity index is 1.09. The van der Waals surface area contributed by atoms with Crippen molar-refractivity contribution in [1.29, 1.82) is 0 Å². The van der Waals surface area contributed by atoms with Crippen molar-refractivity contribution < 1.29 is 0 Å². The summed E-state index contributed by atoms with van der Waals surface area (Å²) in [5, 5.41) is 4.94. The SMILES string of the molecule is CC1(c2ccccc2)c2ccccc2-c2ccc(-c3cc(-c4cc(-c5ccccc5)cc(-c5cccc6c5sc5ccccc56)c4)nc(-c4ccc5ccccc5c4)n3)cc21. The van der Waals surface area contributed by atoms with Gasteiger partial charge in [-0.25, -0.2) is 9.97 Å². The lowest BCUT2D eigenvalue weighted by atomic mass is 9.74. The smallest absolute Gasteiger partial charge is 0.160 e. The summed E-state index contributed by atoms with van der Waals surface area (Å²) >= 11 is 1.86. The van der Waals surface area contributed by atoms with Gasteiger partial charge in [-0.3, -0.25) is 0 Å². The zero-order valence-corrected chi connectivity index (χ0v) is 34.3. The van der Waals surface area contributed by atoms with Crippen LogP contribution in [0.5, 0.6) is 0 Å². The highest BCUT2D eigenvalue weighted by Crippen LogP contribution is 2.53. The second-order valence-corrected chi connectivity index (χ2v) is 17.3. The molecule has 0 saturated carbocycles. The van der Waals surface area contributed by atoms with Gasteiger partial charge in [-0.2, -0.15) is 0 Å². The van der Waals surface area contributed by atoms with Gasteiger partial charge in [0.05, 0.1) is 11.4 Å². The van der Waals surface area contributed by atoms with Gasteiger partial charge in [0.1, 0.15) is 0 Å². The van der Waals surface area contributed by atoms with Crippen LogP contribution in [0, 0.1) is 0 Å². The largest absolute Gasteiger partial charge is 0.228 e. The number of nitrogens with zero attached hydrogens (tertiary/aromatic N) is 2. The summed E-state index contributed by atoms with van der Waals surface area (Å²) in [5.41, 5.74) is 15.7. The summed E-state index contributed by atoms with van der Waals surface area (Å²) in [5.74, 6) is 0.700.